The topological polar surface area (TPSA) is 79.6 Å². The quantitative estimate of drug-likeness (QED) is 0.478. The Bertz CT molecular complexity index is 515. The molecule has 1 aromatic rings. The zero-order chi connectivity index (χ0) is 15.4. The number of alkyl halides is 1. The minimum absolute atomic E-state index is 0.0754. The van der Waals surface area contributed by atoms with Gasteiger partial charge in [0, 0.05) is 44.0 Å². The summed E-state index contributed by atoms with van der Waals surface area (Å²) in [7, 11) is 0. The number of carbonyl (C=O) groups is 1. The maximum absolute atomic E-state index is 12.0. The molecule has 1 unspecified atom stereocenters. The van der Waals surface area contributed by atoms with E-state index in [2.05, 4.69) is 9.88 Å². The highest BCUT2D eigenvalue weighted by Crippen LogP contribution is 2.18. The highest BCUT2D eigenvalue weighted by Gasteiger charge is 2.25. The van der Waals surface area contributed by atoms with E-state index in [9.17, 15) is 14.9 Å². The largest absolute Gasteiger partial charge is 0.365 e. The van der Waals surface area contributed by atoms with Crippen LogP contribution >= 0.6 is 11.6 Å². The molecule has 1 amide bonds. The molecule has 1 aromatic heterocycles. The molecule has 1 atom stereocenters. The molecule has 0 N–H and O–H groups in total. The van der Waals surface area contributed by atoms with Crippen molar-refractivity contribution in [3.8, 4) is 0 Å². The van der Waals surface area contributed by atoms with E-state index in [1.54, 1.807) is 6.07 Å². The molecular weight excluding hydrogens is 296 g/mol. The van der Waals surface area contributed by atoms with Gasteiger partial charge in [-0.3, -0.25) is 4.79 Å². The summed E-state index contributed by atoms with van der Waals surface area (Å²) in [5, 5.41) is 10.6. The predicted molar refractivity (Wildman–Crippen MR) is 79.6 cm³/mol. The molecule has 2 heterocycles. The molecule has 21 heavy (non-hydrogen) atoms. The lowest BCUT2D eigenvalue weighted by atomic mass is 10.1. The van der Waals surface area contributed by atoms with E-state index in [0.717, 1.165) is 5.69 Å². The first-order valence-corrected chi connectivity index (χ1v) is 7.26. The zero-order valence-corrected chi connectivity index (χ0v) is 12.5. The van der Waals surface area contributed by atoms with E-state index in [0.29, 0.717) is 32.1 Å². The van der Waals surface area contributed by atoms with Crippen molar-refractivity contribution in [2.24, 2.45) is 5.92 Å². The van der Waals surface area contributed by atoms with Gasteiger partial charge in [0.25, 0.3) is 0 Å². The zero-order valence-electron chi connectivity index (χ0n) is 11.7. The fraction of sp³-hybridized carbons (Fsp3) is 0.538. The van der Waals surface area contributed by atoms with E-state index in [1.807, 2.05) is 11.8 Å². The smallest absolute Gasteiger partial charge is 0.363 e. The van der Waals surface area contributed by atoms with Crippen LogP contribution in [0.25, 0.3) is 0 Å². The van der Waals surface area contributed by atoms with Crippen LogP contribution in [-0.4, -0.2) is 52.8 Å². The summed E-state index contributed by atoms with van der Waals surface area (Å²) in [6.45, 7) is 4.43. The Kier molecular flexibility index (Phi) is 4.95. The van der Waals surface area contributed by atoms with Gasteiger partial charge >= 0.3 is 5.82 Å². The Labute approximate surface area is 127 Å². The maximum atomic E-state index is 12.0. The van der Waals surface area contributed by atoms with Gasteiger partial charge in [-0.25, -0.2) is 0 Å². The van der Waals surface area contributed by atoms with Crippen molar-refractivity contribution in [3.63, 3.8) is 0 Å². The molecule has 0 aliphatic carbocycles. The minimum Gasteiger partial charge on any atom is -0.365 e. The van der Waals surface area contributed by atoms with Crippen LogP contribution in [0.3, 0.4) is 0 Å². The van der Waals surface area contributed by atoms with Gasteiger partial charge in [0.1, 0.15) is 0 Å². The second-order valence-electron chi connectivity index (χ2n) is 5.00. The van der Waals surface area contributed by atoms with Crippen molar-refractivity contribution in [3.05, 3.63) is 28.4 Å². The van der Waals surface area contributed by atoms with Crippen LogP contribution in [0, 0.1) is 16.0 Å². The van der Waals surface area contributed by atoms with Gasteiger partial charge in [0.05, 0.1) is 5.69 Å². The number of nitrogens with zero attached hydrogens (tertiary/aromatic N) is 4. The molecule has 1 fully saturated rings. The lowest BCUT2D eigenvalue weighted by Gasteiger charge is -2.36. The number of nitro groups is 1. The minimum atomic E-state index is -0.520. The summed E-state index contributed by atoms with van der Waals surface area (Å²) < 4.78 is 0. The molecule has 7 nitrogen and oxygen atoms in total. The van der Waals surface area contributed by atoms with Gasteiger partial charge in [0.2, 0.25) is 5.91 Å². The summed E-state index contributed by atoms with van der Waals surface area (Å²) in [5.41, 5.74) is 0.832. The van der Waals surface area contributed by atoms with Gasteiger partial charge in [-0.15, -0.1) is 11.6 Å². The molecule has 1 aliphatic heterocycles. The molecule has 8 heteroatoms. The Balaban J connectivity index is 1.94. The SMILES string of the molecule is CC(CCl)C(=O)N1CCN(c2ccc([N+](=O)[O-])nc2)CC1. The molecule has 0 aromatic carbocycles. The second-order valence-corrected chi connectivity index (χ2v) is 5.31. The number of hydrogen-bond acceptors (Lipinski definition) is 5. The van der Waals surface area contributed by atoms with Crippen LogP contribution in [0.1, 0.15) is 6.92 Å². The highest BCUT2D eigenvalue weighted by molar-refractivity contribution is 6.19. The van der Waals surface area contributed by atoms with Crippen molar-refractivity contribution in [2.45, 2.75) is 6.92 Å². The standard InChI is InChI=1S/C13H17ClN4O3/c1-10(8-14)13(19)17-6-4-16(5-7-17)11-2-3-12(15-9-11)18(20)21/h2-3,9-10H,4-8H2,1H3. The number of pyridine rings is 1. The van der Waals surface area contributed by atoms with Crippen LogP contribution in [0.15, 0.2) is 18.3 Å². The van der Waals surface area contributed by atoms with Gasteiger partial charge in [-0.2, -0.15) is 0 Å². The van der Waals surface area contributed by atoms with Crippen LogP contribution in [0.2, 0.25) is 0 Å². The van der Waals surface area contributed by atoms with Gasteiger partial charge < -0.3 is 19.9 Å². The van der Waals surface area contributed by atoms with E-state index >= 15 is 0 Å². The maximum Gasteiger partial charge on any atom is 0.363 e. The third-order valence-electron chi connectivity index (χ3n) is 3.53. The Hall–Kier alpha value is -1.89. The predicted octanol–water partition coefficient (Wildman–Crippen LogP) is 1.51. The fourth-order valence-corrected chi connectivity index (χ4v) is 2.37. The molecule has 114 valence electrons. The number of halogens is 1. The molecule has 2 rings (SSSR count). The average Bonchev–Trinajstić information content (AvgIpc) is 2.53. The van der Waals surface area contributed by atoms with Crippen LogP contribution in [0.5, 0.6) is 0 Å². The summed E-state index contributed by atoms with van der Waals surface area (Å²) >= 11 is 5.71. The van der Waals surface area contributed by atoms with E-state index in [1.165, 1.54) is 12.3 Å². The van der Waals surface area contributed by atoms with Crippen LogP contribution in [-0.2, 0) is 4.79 Å². The molecule has 1 saturated heterocycles. The van der Waals surface area contributed by atoms with Crippen molar-refractivity contribution >= 4 is 29.0 Å². The molecule has 1 aliphatic rings. The summed E-state index contributed by atoms with van der Waals surface area (Å²) in [6.07, 6.45) is 1.50. The number of rotatable bonds is 4. The summed E-state index contributed by atoms with van der Waals surface area (Å²) in [6, 6.07) is 3.08. The number of aromatic nitrogens is 1. The van der Waals surface area contributed by atoms with Crippen LogP contribution in [0.4, 0.5) is 11.5 Å². The Morgan fingerprint density at radius 2 is 2.10 bits per heavy atom. The number of carbonyl (C=O) groups excluding carboxylic acids is 1. The summed E-state index contributed by atoms with van der Waals surface area (Å²) in [4.78, 5) is 29.8. The first-order chi connectivity index (χ1) is 10.0. The van der Waals surface area contributed by atoms with Crippen molar-refractivity contribution in [2.75, 3.05) is 37.0 Å². The number of amides is 1. The first kappa shape index (κ1) is 15.5. The van der Waals surface area contributed by atoms with Gasteiger partial charge in [-0.1, -0.05) is 6.92 Å². The molecule has 0 spiro atoms. The fourth-order valence-electron chi connectivity index (χ4n) is 2.24. The Morgan fingerprint density at radius 1 is 1.43 bits per heavy atom. The summed E-state index contributed by atoms with van der Waals surface area (Å²) in [5.74, 6) is 0.0694. The normalized spacial score (nSPS) is 16.7. The van der Waals surface area contributed by atoms with Crippen LogP contribution < -0.4 is 4.90 Å². The van der Waals surface area contributed by atoms with Crippen molar-refractivity contribution < 1.29 is 9.72 Å². The highest BCUT2D eigenvalue weighted by atomic mass is 35.5. The lowest BCUT2D eigenvalue weighted by molar-refractivity contribution is -0.389. The Morgan fingerprint density at radius 3 is 2.57 bits per heavy atom. The van der Waals surface area contributed by atoms with E-state index in [-0.39, 0.29) is 17.6 Å². The molecule has 0 radical (unpaired) electrons. The lowest BCUT2D eigenvalue weighted by Crippen LogP contribution is -2.50. The third kappa shape index (κ3) is 3.60. The molecule has 0 bridgehead atoms. The van der Waals surface area contributed by atoms with Crippen molar-refractivity contribution in [1.29, 1.82) is 0 Å². The van der Waals surface area contributed by atoms with Crippen molar-refractivity contribution in [1.82, 2.24) is 9.88 Å². The van der Waals surface area contributed by atoms with Gasteiger partial charge in [-0.05, 0) is 16.0 Å². The van der Waals surface area contributed by atoms with Gasteiger partial charge in [0.15, 0.2) is 6.20 Å². The number of piperazine rings is 1. The number of hydrogen-bond donors (Lipinski definition) is 0. The molecular formula is C13H17ClN4O3. The monoisotopic (exact) mass is 312 g/mol. The third-order valence-corrected chi connectivity index (χ3v) is 3.99. The average molecular weight is 313 g/mol. The second kappa shape index (κ2) is 6.71. The first-order valence-electron chi connectivity index (χ1n) is 6.73. The van der Waals surface area contributed by atoms with E-state index < -0.39 is 4.92 Å². The molecule has 0 saturated carbocycles. The number of anilines is 1. The van der Waals surface area contributed by atoms with E-state index in [4.69, 9.17) is 11.6 Å².